The molecule has 2 rings (SSSR count). The van der Waals surface area contributed by atoms with Gasteiger partial charge in [0.05, 0.1) is 17.9 Å². The van der Waals surface area contributed by atoms with Crippen molar-refractivity contribution in [2.24, 2.45) is 7.05 Å². The highest BCUT2D eigenvalue weighted by Crippen LogP contribution is 2.14. The minimum atomic E-state index is 0.518. The second-order valence-corrected chi connectivity index (χ2v) is 5.24. The van der Waals surface area contributed by atoms with Crippen LogP contribution in [0.1, 0.15) is 49.7 Å². The number of hydrogen-bond acceptors (Lipinski definition) is 3. The molecule has 0 radical (unpaired) electrons. The molecule has 20 heavy (non-hydrogen) atoms. The van der Waals surface area contributed by atoms with E-state index in [1.807, 2.05) is 17.9 Å². The van der Waals surface area contributed by atoms with Crippen LogP contribution < -0.4 is 5.32 Å². The van der Waals surface area contributed by atoms with Gasteiger partial charge in [-0.2, -0.15) is 10.2 Å². The van der Waals surface area contributed by atoms with Gasteiger partial charge in [0.15, 0.2) is 0 Å². The van der Waals surface area contributed by atoms with Crippen LogP contribution in [0.2, 0.25) is 0 Å². The molecule has 2 aromatic rings. The van der Waals surface area contributed by atoms with Crippen molar-refractivity contribution in [3.8, 4) is 0 Å². The lowest BCUT2D eigenvalue weighted by atomic mass is 10.2. The maximum Gasteiger partial charge on any atom is 0.0762 e. The average molecular weight is 275 g/mol. The third kappa shape index (κ3) is 3.28. The van der Waals surface area contributed by atoms with Gasteiger partial charge in [0.1, 0.15) is 0 Å². The van der Waals surface area contributed by atoms with Crippen LogP contribution >= 0.6 is 0 Å². The van der Waals surface area contributed by atoms with Gasteiger partial charge in [-0.3, -0.25) is 9.36 Å². The first-order valence-electron chi connectivity index (χ1n) is 7.37. The number of hydrogen-bond donors (Lipinski definition) is 1. The molecule has 2 aromatic heterocycles. The highest BCUT2D eigenvalue weighted by molar-refractivity contribution is 5.15. The maximum atomic E-state index is 4.64. The second-order valence-electron chi connectivity index (χ2n) is 5.24. The second kappa shape index (κ2) is 6.70. The Hall–Kier alpha value is -1.62. The molecule has 0 aliphatic heterocycles. The summed E-state index contributed by atoms with van der Waals surface area (Å²) < 4.78 is 3.99. The molecule has 5 heteroatoms. The molecule has 110 valence electrons. The normalized spacial score (nSPS) is 11.4. The molecule has 0 fully saturated rings. The van der Waals surface area contributed by atoms with Crippen molar-refractivity contribution in [2.45, 2.75) is 52.7 Å². The van der Waals surface area contributed by atoms with Crippen LogP contribution in [0.5, 0.6) is 0 Å². The maximum absolute atomic E-state index is 4.64. The monoisotopic (exact) mass is 275 g/mol. The lowest BCUT2D eigenvalue weighted by Crippen LogP contribution is -2.14. The molecule has 0 atom stereocenters. The summed E-state index contributed by atoms with van der Waals surface area (Å²) in [6, 6.07) is 2.62. The topological polar surface area (TPSA) is 47.7 Å². The Labute approximate surface area is 121 Å². The van der Waals surface area contributed by atoms with Crippen molar-refractivity contribution in [3.05, 3.63) is 35.4 Å². The van der Waals surface area contributed by atoms with Crippen molar-refractivity contribution >= 4 is 0 Å². The Kier molecular flexibility index (Phi) is 4.95. The summed E-state index contributed by atoms with van der Waals surface area (Å²) in [5.41, 5.74) is 3.55. The van der Waals surface area contributed by atoms with E-state index in [0.29, 0.717) is 6.04 Å². The van der Waals surface area contributed by atoms with Crippen molar-refractivity contribution in [1.29, 1.82) is 0 Å². The van der Waals surface area contributed by atoms with Gasteiger partial charge >= 0.3 is 0 Å². The van der Waals surface area contributed by atoms with Gasteiger partial charge in [0.2, 0.25) is 0 Å². The lowest BCUT2D eigenvalue weighted by Gasteiger charge is -2.12. The number of aromatic nitrogens is 4. The Bertz CT molecular complexity index is 536. The van der Waals surface area contributed by atoms with E-state index in [0.717, 1.165) is 31.6 Å². The van der Waals surface area contributed by atoms with Crippen molar-refractivity contribution in [2.75, 3.05) is 0 Å². The first-order valence-corrected chi connectivity index (χ1v) is 7.37. The van der Waals surface area contributed by atoms with Gasteiger partial charge in [-0.15, -0.1) is 0 Å². The summed E-state index contributed by atoms with van der Waals surface area (Å²) >= 11 is 0. The fraction of sp³-hybridized carbons (Fsp3) is 0.600. The fourth-order valence-electron chi connectivity index (χ4n) is 2.38. The molecule has 0 aromatic carbocycles. The Balaban J connectivity index is 1.87. The van der Waals surface area contributed by atoms with Crippen molar-refractivity contribution in [3.63, 3.8) is 0 Å². The summed E-state index contributed by atoms with van der Waals surface area (Å²) in [6.45, 7) is 8.13. The van der Waals surface area contributed by atoms with Crippen LogP contribution in [0.3, 0.4) is 0 Å². The number of aryl methyl sites for hydroxylation is 1. The van der Waals surface area contributed by atoms with Crippen LogP contribution in [-0.2, 0) is 20.1 Å². The molecule has 0 aliphatic carbocycles. The van der Waals surface area contributed by atoms with E-state index in [1.54, 1.807) is 0 Å². The molecule has 0 unspecified atom stereocenters. The average Bonchev–Trinajstić information content (AvgIpc) is 3.02. The molecule has 5 nitrogen and oxygen atoms in total. The molecule has 0 saturated heterocycles. The minimum Gasteiger partial charge on any atom is -0.307 e. The van der Waals surface area contributed by atoms with Gasteiger partial charge < -0.3 is 5.32 Å². The van der Waals surface area contributed by atoms with Crippen molar-refractivity contribution < 1.29 is 0 Å². The molecule has 0 spiro atoms. The van der Waals surface area contributed by atoms with Gasteiger partial charge in [0, 0.05) is 37.6 Å². The van der Waals surface area contributed by atoms with Crippen LogP contribution in [-0.4, -0.2) is 19.6 Å². The van der Waals surface area contributed by atoms with Crippen LogP contribution in [0.15, 0.2) is 18.5 Å². The van der Waals surface area contributed by atoms with E-state index >= 15 is 0 Å². The van der Waals surface area contributed by atoms with E-state index in [9.17, 15) is 0 Å². The van der Waals surface area contributed by atoms with Crippen LogP contribution in [0.25, 0.3) is 0 Å². The molecule has 1 N–H and O–H groups in total. The van der Waals surface area contributed by atoms with E-state index < -0.39 is 0 Å². The number of rotatable bonds is 7. The predicted octanol–water partition coefficient (Wildman–Crippen LogP) is 2.58. The summed E-state index contributed by atoms with van der Waals surface area (Å²) in [5, 5.41) is 12.3. The SMILES string of the molecule is CCC(CC)n1ccc(CNCc2cnn(C)c2C)n1. The smallest absolute Gasteiger partial charge is 0.0762 e. The Morgan fingerprint density at radius 1 is 1.25 bits per heavy atom. The quantitative estimate of drug-likeness (QED) is 0.845. The van der Waals surface area contributed by atoms with Crippen LogP contribution in [0.4, 0.5) is 0 Å². The van der Waals surface area contributed by atoms with Gasteiger partial charge in [0.25, 0.3) is 0 Å². The number of nitrogens with one attached hydrogen (secondary N) is 1. The summed E-state index contributed by atoms with van der Waals surface area (Å²) in [5.74, 6) is 0. The fourth-order valence-corrected chi connectivity index (χ4v) is 2.38. The Morgan fingerprint density at radius 3 is 2.60 bits per heavy atom. The van der Waals surface area contributed by atoms with Gasteiger partial charge in [-0.05, 0) is 25.8 Å². The standard InChI is InChI=1S/C15H25N5/c1-5-15(6-2)20-8-7-14(18-20)11-16-9-13-10-17-19(4)12(13)3/h7-8,10,15-16H,5-6,9,11H2,1-4H3. The van der Waals surface area contributed by atoms with E-state index in [4.69, 9.17) is 0 Å². The summed E-state index contributed by atoms with van der Waals surface area (Å²) in [6.07, 6.45) is 6.26. The third-order valence-corrected chi connectivity index (χ3v) is 3.94. The van der Waals surface area contributed by atoms with Gasteiger partial charge in [-0.1, -0.05) is 13.8 Å². The molecular formula is C15H25N5. The largest absolute Gasteiger partial charge is 0.307 e. The molecule has 0 aliphatic rings. The summed E-state index contributed by atoms with van der Waals surface area (Å²) in [7, 11) is 1.97. The number of nitrogens with zero attached hydrogens (tertiary/aromatic N) is 4. The van der Waals surface area contributed by atoms with E-state index in [2.05, 4.69) is 53.2 Å². The van der Waals surface area contributed by atoms with Gasteiger partial charge in [-0.25, -0.2) is 0 Å². The first kappa shape index (κ1) is 14.8. The molecule has 0 saturated carbocycles. The molecule has 0 amide bonds. The molecule has 2 heterocycles. The molecule has 0 bridgehead atoms. The first-order chi connectivity index (χ1) is 9.65. The van der Waals surface area contributed by atoms with Crippen molar-refractivity contribution in [1.82, 2.24) is 24.9 Å². The molecular weight excluding hydrogens is 250 g/mol. The zero-order valence-corrected chi connectivity index (χ0v) is 12.9. The van der Waals surface area contributed by atoms with E-state index in [1.165, 1.54) is 11.3 Å². The van der Waals surface area contributed by atoms with E-state index in [-0.39, 0.29) is 0 Å². The van der Waals surface area contributed by atoms with Crippen LogP contribution in [0, 0.1) is 6.92 Å². The predicted molar refractivity (Wildman–Crippen MR) is 80.3 cm³/mol. The summed E-state index contributed by atoms with van der Waals surface area (Å²) in [4.78, 5) is 0. The minimum absolute atomic E-state index is 0.518. The lowest BCUT2D eigenvalue weighted by molar-refractivity contribution is 0.424. The zero-order valence-electron chi connectivity index (χ0n) is 12.9. The Morgan fingerprint density at radius 2 is 2.00 bits per heavy atom. The third-order valence-electron chi connectivity index (χ3n) is 3.94. The zero-order chi connectivity index (χ0) is 14.5. The highest BCUT2D eigenvalue weighted by atomic mass is 15.3. The highest BCUT2D eigenvalue weighted by Gasteiger charge is 2.08.